The molecule has 0 spiro atoms. The number of hydrogen-bond donors (Lipinski definition) is 2. The van der Waals surface area contributed by atoms with Gasteiger partial charge in [0.25, 0.3) is 0 Å². The van der Waals surface area contributed by atoms with Crippen LogP contribution in [-0.4, -0.2) is 31.5 Å². The highest BCUT2D eigenvalue weighted by Gasteiger charge is 2.19. The monoisotopic (exact) mass is 234 g/mol. The van der Waals surface area contributed by atoms with Crippen LogP contribution in [0.4, 0.5) is 0 Å². The van der Waals surface area contributed by atoms with E-state index in [1.165, 1.54) is 6.33 Å². The van der Waals surface area contributed by atoms with Gasteiger partial charge in [0.1, 0.15) is 18.2 Å². The lowest BCUT2D eigenvalue weighted by Crippen LogP contribution is -2.26. The first-order valence-electron chi connectivity index (χ1n) is 5.97. The standard InChI is InChI=1S/C11H18N6/c1-3-6-12-10(11-13-8-14-16-11)9-5-7-15-17(9)4-2/h5,7-8,10,12H,3-4,6H2,1-2H3,(H,13,14,16). The van der Waals surface area contributed by atoms with E-state index in [0.717, 1.165) is 31.0 Å². The van der Waals surface area contributed by atoms with Gasteiger partial charge in [0.15, 0.2) is 0 Å². The molecule has 0 aromatic carbocycles. The zero-order valence-corrected chi connectivity index (χ0v) is 10.2. The van der Waals surface area contributed by atoms with E-state index in [0.29, 0.717) is 0 Å². The second kappa shape index (κ2) is 5.58. The molecule has 1 unspecified atom stereocenters. The van der Waals surface area contributed by atoms with E-state index >= 15 is 0 Å². The highest BCUT2D eigenvalue weighted by atomic mass is 15.3. The van der Waals surface area contributed by atoms with Crippen LogP contribution in [0.1, 0.15) is 37.8 Å². The fourth-order valence-corrected chi connectivity index (χ4v) is 1.84. The number of aromatic nitrogens is 5. The molecule has 6 heteroatoms. The number of nitrogens with zero attached hydrogens (tertiary/aromatic N) is 4. The summed E-state index contributed by atoms with van der Waals surface area (Å²) in [6.45, 7) is 6.00. The normalized spacial score (nSPS) is 12.8. The molecule has 0 aliphatic heterocycles. The minimum Gasteiger partial charge on any atom is -0.302 e. The lowest BCUT2D eigenvalue weighted by molar-refractivity contribution is 0.513. The number of aryl methyl sites for hydroxylation is 1. The Hall–Kier alpha value is -1.69. The van der Waals surface area contributed by atoms with Gasteiger partial charge in [-0.2, -0.15) is 10.2 Å². The first-order chi connectivity index (χ1) is 8.36. The van der Waals surface area contributed by atoms with Crippen LogP contribution in [0.25, 0.3) is 0 Å². The molecule has 2 aromatic heterocycles. The Morgan fingerprint density at radius 1 is 1.47 bits per heavy atom. The van der Waals surface area contributed by atoms with Crippen molar-refractivity contribution in [3.63, 3.8) is 0 Å². The Bertz CT molecular complexity index is 433. The quantitative estimate of drug-likeness (QED) is 0.785. The zero-order chi connectivity index (χ0) is 12.1. The van der Waals surface area contributed by atoms with Crippen molar-refractivity contribution in [2.24, 2.45) is 0 Å². The Kier molecular flexibility index (Phi) is 3.87. The molecule has 2 heterocycles. The molecule has 0 saturated carbocycles. The molecule has 0 aliphatic rings. The molecule has 2 rings (SSSR count). The van der Waals surface area contributed by atoms with Crippen molar-refractivity contribution in [1.29, 1.82) is 0 Å². The molecule has 0 aliphatic carbocycles. The van der Waals surface area contributed by atoms with Gasteiger partial charge < -0.3 is 5.32 Å². The zero-order valence-electron chi connectivity index (χ0n) is 10.2. The Morgan fingerprint density at radius 2 is 2.35 bits per heavy atom. The van der Waals surface area contributed by atoms with E-state index in [9.17, 15) is 0 Å². The van der Waals surface area contributed by atoms with Crippen LogP contribution in [0, 0.1) is 0 Å². The van der Waals surface area contributed by atoms with Crippen molar-refractivity contribution < 1.29 is 0 Å². The second-order valence-electron chi connectivity index (χ2n) is 3.83. The van der Waals surface area contributed by atoms with Crippen molar-refractivity contribution in [1.82, 2.24) is 30.3 Å². The van der Waals surface area contributed by atoms with Gasteiger partial charge >= 0.3 is 0 Å². The maximum atomic E-state index is 4.29. The summed E-state index contributed by atoms with van der Waals surface area (Å²) < 4.78 is 1.97. The number of nitrogens with one attached hydrogen (secondary N) is 2. The fourth-order valence-electron chi connectivity index (χ4n) is 1.84. The molecule has 0 radical (unpaired) electrons. The molecule has 6 nitrogen and oxygen atoms in total. The van der Waals surface area contributed by atoms with Crippen molar-refractivity contribution in [3.05, 3.63) is 30.1 Å². The van der Waals surface area contributed by atoms with E-state index in [1.54, 1.807) is 0 Å². The van der Waals surface area contributed by atoms with Gasteiger partial charge in [-0.05, 0) is 26.0 Å². The Labute approximate surface area is 100 Å². The van der Waals surface area contributed by atoms with Crippen LogP contribution >= 0.6 is 0 Å². The highest BCUT2D eigenvalue weighted by molar-refractivity contribution is 5.15. The molecule has 0 fully saturated rings. The summed E-state index contributed by atoms with van der Waals surface area (Å²) in [5, 5.41) is 14.6. The summed E-state index contributed by atoms with van der Waals surface area (Å²) in [6, 6.07) is 2.04. The molecule has 0 amide bonds. The molecule has 0 bridgehead atoms. The molecule has 92 valence electrons. The SMILES string of the molecule is CCCNC(c1ncn[nH]1)c1ccnn1CC. The van der Waals surface area contributed by atoms with Crippen LogP contribution in [-0.2, 0) is 6.54 Å². The largest absolute Gasteiger partial charge is 0.302 e. The van der Waals surface area contributed by atoms with Crippen molar-refractivity contribution in [2.75, 3.05) is 6.54 Å². The lowest BCUT2D eigenvalue weighted by atomic mass is 10.2. The molecule has 1 atom stereocenters. The van der Waals surface area contributed by atoms with Crippen LogP contribution < -0.4 is 5.32 Å². The second-order valence-corrected chi connectivity index (χ2v) is 3.83. The predicted molar refractivity (Wildman–Crippen MR) is 64.4 cm³/mol. The van der Waals surface area contributed by atoms with Crippen molar-refractivity contribution in [2.45, 2.75) is 32.9 Å². The third-order valence-corrected chi connectivity index (χ3v) is 2.65. The number of H-pyrrole nitrogens is 1. The predicted octanol–water partition coefficient (Wildman–Crippen LogP) is 1.11. The van der Waals surface area contributed by atoms with Gasteiger partial charge in [0.05, 0.1) is 5.69 Å². The summed E-state index contributed by atoms with van der Waals surface area (Å²) in [4.78, 5) is 4.23. The first kappa shape index (κ1) is 11.8. The highest BCUT2D eigenvalue weighted by Crippen LogP contribution is 2.17. The maximum absolute atomic E-state index is 4.29. The molecule has 2 N–H and O–H groups in total. The Balaban J connectivity index is 2.27. The maximum Gasteiger partial charge on any atom is 0.147 e. The van der Waals surface area contributed by atoms with Gasteiger partial charge in [-0.15, -0.1) is 0 Å². The third kappa shape index (κ3) is 2.52. The summed E-state index contributed by atoms with van der Waals surface area (Å²) in [7, 11) is 0. The van der Waals surface area contributed by atoms with Crippen LogP contribution in [0.3, 0.4) is 0 Å². The Morgan fingerprint density at radius 3 is 3.00 bits per heavy atom. The first-order valence-corrected chi connectivity index (χ1v) is 5.97. The fraction of sp³-hybridized carbons (Fsp3) is 0.545. The number of aromatic amines is 1. The molecule has 17 heavy (non-hydrogen) atoms. The lowest BCUT2D eigenvalue weighted by Gasteiger charge is -2.17. The molecular formula is C11H18N6. The van der Waals surface area contributed by atoms with Crippen LogP contribution in [0.5, 0.6) is 0 Å². The van der Waals surface area contributed by atoms with E-state index in [1.807, 2.05) is 16.9 Å². The summed E-state index contributed by atoms with van der Waals surface area (Å²) in [5.41, 5.74) is 1.11. The average Bonchev–Trinajstić information content (AvgIpc) is 3.00. The average molecular weight is 234 g/mol. The van der Waals surface area contributed by atoms with Crippen molar-refractivity contribution in [3.8, 4) is 0 Å². The van der Waals surface area contributed by atoms with E-state index in [4.69, 9.17) is 0 Å². The van der Waals surface area contributed by atoms with Gasteiger partial charge in [-0.1, -0.05) is 6.92 Å². The van der Waals surface area contributed by atoms with E-state index < -0.39 is 0 Å². The topological polar surface area (TPSA) is 71.4 Å². The van der Waals surface area contributed by atoms with Gasteiger partial charge in [0.2, 0.25) is 0 Å². The van der Waals surface area contributed by atoms with E-state index in [2.05, 4.69) is 39.4 Å². The summed E-state index contributed by atoms with van der Waals surface area (Å²) >= 11 is 0. The third-order valence-electron chi connectivity index (χ3n) is 2.65. The minimum absolute atomic E-state index is 0.0277. The summed E-state index contributed by atoms with van der Waals surface area (Å²) in [5.74, 6) is 0.827. The number of hydrogen-bond acceptors (Lipinski definition) is 4. The molecule has 2 aromatic rings. The molecular weight excluding hydrogens is 216 g/mol. The van der Waals surface area contributed by atoms with Crippen LogP contribution in [0.15, 0.2) is 18.6 Å². The minimum atomic E-state index is 0.0277. The smallest absolute Gasteiger partial charge is 0.147 e. The van der Waals surface area contributed by atoms with Gasteiger partial charge in [-0.25, -0.2) is 4.98 Å². The summed E-state index contributed by atoms with van der Waals surface area (Å²) in [6.07, 6.45) is 4.42. The van der Waals surface area contributed by atoms with Gasteiger partial charge in [-0.3, -0.25) is 9.78 Å². The van der Waals surface area contributed by atoms with Gasteiger partial charge in [0, 0.05) is 12.7 Å². The number of rotatable bonds is 6. The van der Waals surface area contributed by atoms with Crippen LogP contribution in [0.2, 0.25) is 0 Å². The molecule has 0 saturated heterocycles. The van der Waals surface area contributed by atoms with E-state index in [-0.39, 0.29) is 6.04 Å². The van der Waals surface area contributed by atoms with Crippen molar-refractivity contribution >= 4 is 0 Å².